The van der Waals surface area contributed by atoms with Crippen LogP contribution in [0.5, 0.6) is 0 Å². The van der Waals surface area contributed by atoms with Crippen LogP contribution >= 0.6 is 28.6 Å². The van der Waals surface area contributed by atoms with Gasteiger partial charge in [-0.2, -0.15) is 5.26 Å². The molecule has 0 heterocycles. The van der Waals surface area contributed by atoms with E-state index in [0.29, 0.717) is 28.0 Å². The Hall–Kier alpha value is -0.990. The zero-order valence-corrected chi connectivity index (χ0v) is 11.8. The summed E-state index contributed by atoms with van der Waals surface area (Å²) in [5.74, 6) is -0.307. The summed E-state index contributed by atoms with van der Waals surface area (Å²) < 4.78 is 4.87. The van der Waals surface area contributed by atoms with Crippen molar-refractivity contribution < 1.29 is 9.53 Å². The van der Waals surface area contributed by atoms with Crippen molar-refractivity contribution in [3.8, 4) is 6.07 Å². The van der Waals surface area contributed by atoms with Gasteiger partial charge in [0.05, 0.1) is 24.7 Å². The molecule has 1 rings (SSSR count). The fourth-order valence-electron chi connectivity index (χ4n) is 1.40. The van der Waals surface area contributed by atoms with Crippen molar-refractivity contribution in [2.24, 2.45) is 0 Å². The van der Waals surface area contributed by atoms with Gasteiger partial charge in [0.2, 0.25) is 0 Å². The van der Waals surface area contributed by atoms with E-state index >= 15 is 0 Å². The number of nitriles is 1. The Labute approximate surface area is 114 Å². The van der Waals surface area contributed by atoms with Gasteiger partial charge >= 0.3 is 5.97 Å². The van der Waals surface area contributed by atoms with E-state index in [1.165, 1.54) is 0 Å². The van der Waals surface area contributed by atoms with Gasteiger partial charge < -0.3 is 4.74 Å². The maximum Gasteiger partial charge on any atom is 0.310 e. The molecule has 0 aromatic heterocycles. The highest BCUT2D eigenvalue weighted by Crippen LogP contribution is 2.22. The quantitative estimate of drug-likeness (QED) is 0.528. The van der Waals surface area contributed by atoms with Gasteiger partial charge in [-0.05, 0) is 30.2 Å². The van der Waals surface area contributed by atoms with Crippen LogP contribution in [0, 0.1) is 11.3 Å². The van der Waals surface area contributed by atoms with Gasteiger partial charge in [-0.25, -0.2) is 0 Å². The largest absolute Gasteiger partial charge is 0.466 e. The highest BCUT2D eigenvalue weighted by molar-refractivity contribution is 9.08. The zero-order chi connectivity index (χ0) is 12.8. The Bertz CT molecular complexity index is 468. The Kier molecular flexibility index (Phi) is 5.52. The molecule has 0 saturated heterocycles. The number of hydrogen-bond donors (Lipinski definition) is 1. The number of rotatable bonds is 4. The molecule has 0 aliphatic heterocycles. The summed E-state index contributed by atoms with van der Waals surface area (Å²) in [7, 11) is 0. The van der Waals surface area contributed by atoms with Crippen molar-refractivity contribution in [3.63, 3.8) is 0 Å². The Morgan fingerprint density at radius 3 is 2.76 bits per heavy atom. The number of benzene rings is 1. The summed E-state index contributed by atoms with van der Waals surface area (Å²) in [5, 5.41) is 9.58. The molecule has 0 N–H and O–H groups in total. The van der Waals surface area contributed by atoms with E-state index in [-0.39, 0.29) is 12.4 Å². The molecule has 0 spiro atoms. The third kappa shape index (κ3) is 3.76. The number of thiol groups is 1. The number of carbonyl (C=O) groups excluding carboxylic acids is 1. The first-order chi connectivity index (χ1) is 8.12. The van der Waals surface area contributed by atoms with Gasteiger partial charge in [-0.1, -0.05) is 15.9 Å². The van der Waals surface area contributed by atoms with Crippen LogP contribution in [0.25, 0.3) is 0 Å². The number of nitrogens with zero attached hydrogens (tertiary/aromatic N) is 1. The molecular weight excluding hydrogens is 302 g/mol. The Morgan fingerprint density at radius 1 is 1.53 bits per heavy atom. The SMILES string of the molecule is CCOC(=O)Cc1cc(C#N)c(CBr)cc1S. The lowest BCUT2D eigenvalue weighted by Gasteiger charge is -2.08. The van der Waals surface area contributed by atoms with E-state index in [0.717, 1.165) is 5.56 Å². The molecule has 0 radical (unpaired) electrons. The molecule has 5 heteroatoms. The minimum absolute atomic E-state index is 0.143. The predicted molar refractivity (Wildman–Crippen MR) is 71.4 cm³/mol. The standard InChI is InChI=1S/C12H12BrNO2S/c1-2-16-12(15)5-8-3-10(7-14)9(6-13)4-11(8)17/h3-4,17H,2,5-6H2,1H3. The van der Waals surface area contributed by atoms with Crippen LogP contribution < -0.4 is 0 Å². The van der Waals surface area contributed by atoms with Crippen molar-refractivity contribution in [1.29, 1.82) is 5.26 Å². The van der Waals surface area contributed by atoms with Crippen LogP contribution in [0.4, 0.5) is 0 Å². The van der Waals surface area contributed by atoms with Gasteiger partial charge in [-0.3, -0.25) is 4.79 Å². The van der Waals surface area contributed by atoms with E-state index in [9.17, 15) is 4.79 Å². The lowest BCUT2D eigenvalue weighted by Crippen LogP contribution is -2.08. The molecule has 1 aromatic rings. The zero-order valence-electron chi connectivity index (χ0n) is 9.36. The summed E-state index contributed by atoms with van der Waals surface area (Å²) in [4.78, 5) is 12.1. The van der Waals surface area contributed by atoms with Crippen molar-refractivity contribution >= 4 is 34.5 Å². The Balaban J connectivity index is 3.01. The number of ether oxygens (including phenoxy) is 1. The van der Waals surface area contributed by atoms with E-state index in [4.69, 9.17) is 10.00 Å². The number of hydrogen-bond acceptors (Lipinski definition) is 4. The van der Waals surface area contributed by atoms with Crippen LogP contribution in [-0.2, 0) is 21.3 Å². The topological polar surface area (TPSA) is 50.1 Å². The summed E-state index contributed by atoms with van der Waals surface area (Å²) in [6.45, 7) is 2.11. The van der Waals surface area contributed by atoms with E-state index in [1.54, 1.807) is 19.1 Å². The van der Waals surface area contributed by atoms with Crippen molar-refractivity contribution in [3.05, 3.63) is 28.8 Å². The molecule has 3 nitrogen and oxygen atoms in total. The second kappa shape index (κ2) is 6.67. The van der Waals surface area contributed by atoms with Crippen LogP contribution in [0.15, 0.2) is 17.0 Å². The van der Waals surface area contributed by atoms with Crippen LogP contribution in [-0.4, -0.2) is 12.6 Å². The van der Waals surface area contributed by atoms with E-state index in [1.807, 2.05) is 0 Å². The van der Waals surface area contributed by atoms with E-state index < -0.39 is 0 Å². The highest BCUT2D eigenvalue weighted by atomic mass is 79.9. The molecule has 0 aliphatic carbocycles. The number of carbonyl (C=O) groups is 1. The fraction of sp³-hybridized carbons (Fsp3) is 0.333. The molecule has 0 bridgehead atoms. The number of esters is 1. The lowest BCUT2D eigenvalue weighted by molar-refractivity contribution is -0.142. The molecule has 90 valence electrons. The number of halogens is 1. The van der Waals surface area contributed by atoms with Crippen molar-refractivity contribution in [1.82, 2.24) is 0 Å². The fourth-order valence-corrected chi connectivity index (χ4v) is 2.16. The average Bonchev–Trinajstić information content (AvgIpc) is 2.31. The Morgan fingerprint density at radius 2 is 2.24 bits per heavy atom. The summed E-state index contributed by atoms with van der Waals surface area (Å²) in [6, 6.07) is 5.59. The van der Waals surface area contributed by atoms with Crippen LogP contribution in [0.2, 0.25) is 0 Å². The first-order valence-electron chi connectivity index (χ1n) is 5.08. The van der Waals surface area contributed by atoms with Crippen molar-refractivity contribution in [2.75, 3.05) is 6.61 Å². The molecule has 0 aliphatic rings. The molecule has 0 fully saturated rings. The first kappa shape index (κ1) is 14.1. The molecule has 1 aromatic carbocycles. The third-order valence-corrected chi connectivity index (χ3v) is 3.23. The van der Waals surface area contributed by atoms with Gasteiger partial charge in [0.25, 0.3) is 0 Å². The normalized spacial score (nSPS) is 9.76. The van der Waals surface area contributed by atoms with Gasteiger partial charge in [0.1, 0.15) is 0 Å². The molecule has 0 atom stereocenters. The van der Waals surface area contributed by atoms with Gasteiger partial charge in [0.15, 0.2) is 0 Å². The molecule has 0 saturated carbocycles. The second-order valence-corrected chi connectivity index (χ2v) is 4.41. The smallest absolute Gasteiger partial charge is 0.310 e. The molecule has 17 heavy (non-hydrogen) atoms. The van der Waals surface area contributed by atoms with E-state index in [2.05, 4.69) is 34.6 Å². The maximum atomic E-state index is 11.4. The number of alkyl halides is 1. The molecular formula is C12H12BrNO2S. The summed E-state index contributed by atoms with van der Waals surface area (Å²) >= 11 is 7.62. The maximum absolute atomic E-state index is 11.4. The molecule has 0 unspecified atom stereocenters. The monoisotopic (exact) mass is 313 g/mol. The van der Waals surface area contributed by atoms with Gasteiger partial charge in [-0.15, -0.1) is 12.6 Å². The van der Waals surface area contributed by atoms with Gasteiger partial charge in [0, 0.05) is 10.2 Å². The third-order valence-electron chi connectivity index (χ3n) is 2.21. The minimum Gasteiger partial charge on any atom is -0.466 e. The van der Waals surface area contributed by atoms with Crippen LogP contribution in [0.1, 0.15) is 23.6 Å². The summed E-state index contributed by atoms with van der Waals surface area (Å²) in [6.07, 6.45) is 0.143. The van der Waals surface area contributed by atoms with Crippen molar-refractivity contribution in [2.45, 2.75) is 23.6 Å². The highest BCUT2D eigenvalue weighted by Gasteiger charge is 2.11. The van der Waals surface area contributed by atoms with Crippen LogP contribution in [0.3, 0.4) is 0 Å². The average molecular weight is 314 g/mol. The minimum atomic E-state index is -0.307. The predicted octanol–water partition coefficient (Wildman–Crippen LogP) is 2.85. The molecule has 0 amide bonds. The second-order valence-electron chi connectivity index (χ2n) is 3.37. The summed E-state index contributed by atoms with van der Waals surface area (Å²) in [5.41, 5.74) is 2.14. The lowest BCUT2D eigenvalue weighted by atomic mass is 10.0. The first-order valence-corrected chi connectivity index (χ1v) is 6.65.